The summed E-state index contributed by atoms with van der Waals surface area (Å²) in [7, 11) is 0. The van der Waals surface area contributed by atoms with Crippen molar-refractivity contribution >= 4 is 12.1 Å². The van der Waals surface area contributed by atoms with Gasteiger partial charge < -0.3 is 10.1 Å². The molecule has 0 atom stereocenters. The Hall–Kier alpha value is -1.06. The lowest BCUT2D eigenvalue weighted by Crippen LogP contribution is -2.34. The molecule has 1 amide bonds. The predicted octanol–water partition coefficient (Wildman–Crippen LogP) is -0.357. The molecule has 44 valence electrons. The number of rotatable bonds is 0. The van der Waals surface area contributed by atoms with Crippen LogP contribution in [0.15, 0.2) is 0 Å². The molecular formula is C4H5NO3. The molecular weight excluding hydrogens is 110 g/mol. The minimum Gasteiger partial charge on any atom is -0.376 e. The Morgan fingerprint density at radius 2 is 2.25 bits per heavy atom. The van der Waals surface area contributed by atoms with Crippen LogP contribution in [0.1, 0.15) is 6.42 Å². The van der Waals surface area contributed by atoms with Crippen LogP contribution in [0.5, 0.6) is 0 Å². The minimum atomic E-state index is -0.638. The molecule has 4 heteroatoms. The van der Waals surface area contributed by atoms with Gasteiger partial charge >= 0.3 is 12.1 Å². The smallest absolute Gasteiger partial charge is 0.376 e. The second-order valence-corrected chi connectivity index (χ2v) is 1.44. The van der Waals surface area contributed by atoms with Gasteiger partial charge in [0.15, 0.2) is 0 Å². The third-order valence-corrected chi connectivity index (χ3v) is 0.805. The number of cyclic esters (lactones) is 2. The van der Waals surface area contributed by atoms with Crippen molar-refractivity contribution < 1.29 is 14.3 Å². The van der Waals surface area contributed by atoms with Crippen molar-refractivity contribution in [2.75, 3.05) is 6.54 Å². The van der Waals surface area contributed by atoms with Gasteiger partial charge in [-0.05, 0) is 0 Å². The average molecular weight is 115 g/mol. The molecule has 0 spiro atoms. The van der Waals surface area contributed by atoms with Gasteiger partial charge in [-0.3, -0.25) is 4.79 Å². The van der Waals surface area contributed by atoms with Crippen molar-refractivity contribution in [1.82, 2.24) is 5.32 Å². The molecule has 0 unspecified atom stereocenters. The maximum absolute atomic E-state index is 10.2. The van der Waals surface area contributed by atoms with Gasteiger partial charge in [-0.15, -0.1) is 0 Å². The van der Waals surface area contributed by atoms with E-state index >= 15 is 0 Å². The standard InChI is InChI=1S/C4H5NO3/c6-3-1-2-5-4(7)8-3/h1-2H2,(H,5,7). The molecule has 0 aromatic heterocycles. The van der Waals surface area contributed by atoms with Crippen LogP contribution in [0.2, 0.25) is 0 Å². The number of alkyl carbamates (subject to hydrolysis) is 1. The second-order valence-electron chi connectivity index (χ2n) is 1.44. The van der Waals surface area contributed by atoms with Crippen LogP contribution in [-0.4, -0.2) is 18.6 Å². The van der Waals surface area contributed by atoms with E-state index < -0.39 is 12.1 Å². The minimum absolute atomic E-state index is 0.283. The Morgan fingerprint density at radius 3 is 2.62 bits per heavy atom. The fourth-order valence-electron chi connectivity index (χ4n) is 0.457. The third-order valence-electron chi connectivity index (χ3n) is 0.805. The number of esters is 1. The Balaban J connectivity index is 2.45. The van der Waals surface area contributed by atoms with Crippen LogP contribution >= 0.6 is 0 Å². The van der Waals surface area contributed by atoms with Crippen molar-refractivity contribution in [3.05, 3.63) is 0 Å². The molecule has 4 nitrogen and oxygen atoms in total. The van der Waals surface area contributed by atoms with Gasteiger partial charge in [0.2, 0.25) is 0 Å². The van der Waals surface area contributed by atoms with E-state index in [1.54, 1.807) is 0 Å². The quantitative estimate of drug-likeness (QED) is 0.346. The van der Waals surface area contributed by atoms with E-state index in [4.69, 9.17) is 0 Å². The highest BCUT2D eigenvalue weighted by atomic mass is 16.6. The molecule has 1 heterocycles. The number of ether oxygens (including phenoxy) is 1. The number of hydrogen-bond donors (Lipinski definition) is 1. The number of carbonyl (C=O) groups is 2. The van der Waals surface area contributed by atoms with Gasteiger partial charge in [0.05, 0.1) is 6.42 Å². The molecule has 8 heavy (non-hydrogen) atoms. The lowest BCUT2D eigenvalue weighted by atomic mass is 10.4. The molecule has 0 radical (unpaired) electrons. The molecule has 1 N–H and O–H groups in total. The van der Waals surface area contributed by atoms with E-state index in [0.717, 1.165) is 0 Å². The Labute approximate surface area is 45.8 Å². The maximum atomic E-state index is 10.2. The molecule has 0 aliphatic carbocycles. The summed E-state index contributed by atoms with van der Waals surface area (Å²) in [5, 5.41) is 2.33. The summed E-state index contributed by atoms with van der Waals surface area (Å²) in [5.74, 6) is -0.450. The van der Waals surface area contributed by atoms with Gasteiger partial charge in [-0.1, -0.05) is 0 Å². The first kappa shape index (κ1) is 5.08. The molecule has 1 fully saturated rings. The van der Waals surface area contributed by atoms with Gasteiger partial charge in [0, 0.05) is 6.54 Å². The topological polar surface area (TPSA) is 55.4 Å². The fraction of sp³-hybridized carbons (Fsp3) is 0.500. The Bertz CT molecular complexity index is 117. The summed E-state index contributed by atoms with van der Waals surface area (Å²) in [6, 6.07) is 0. The van der Waals surface area contributed by atoms with Gasteiger partial charge in [-0.25, -0.2) is 4.79 Å². The molecule has 0 aromatic carbocycles. The van der Waals surface area contributed by atoms with Crippen LogP contribution in [0.3, 0.4) is 0 Å². The monoisotopic (exact) mass is 115 g/mol. The van der Waals surface area contributed by atoms with Crippen molar-refractivity contribution in [3.8, 4) is 0 Å². The molecule has 0 bridgehead atoms. The molecule has 1 aliphatic heterocycles. The maximum Gasteiger partial charge on any atom is 0.414 e. The van der Waals surface area contributed by atoms with Gasteiger partial charge in [0.1, 0.15) is 0 Å². The number of amides is 1. The van der Waals surface area contributed by atoms with Gasteiger partial charge in [0.25, 0.3) is 0 Å². The van der Waals surface area contributed by atoms with Crippen molar-refractivity contribution in [2.45, 2.75) is 6.42 Å². The Morgan fingerprint density at radius 1 is 1.50 bits per heavy atom. The van der Waals surface area contributed by atoms with E-state index in [0.29, 0.717) is 6.54 Å². The number of carbonyl (C=O) groups excluding carboxylic acids is 2. The lowest BCUT2D eigenvalue weighted by Gasteiger charge is -2.08. The summed E-state index contributed by atoms with van der Waals surface area (Å²) in [4.78, 5) is 20.3. The van der Waals surface area contributed by atoms with Gasteiger partial charge in [-0.2, -0.15) is 0 Å². The first-order valence-electron chi connectivity index (χ1n) is 2.27. The van der Waals surface area contributed by atoms with Crippen LogP contribution in [-0.2, 0) is 9.53 Å². The highest BCUT2D eigenvalue weighted by Crippen LogP contribution is 1.91. The lowest BCUT2D eigenvalue weighted by molar-refractivity contribution is -0.138. The summed E-state index contributed by atoms with van der Waals surface area (Å²) < 4.78 is 4.10. The zero-order chi connectivity index (χ0) is 5.98. The van der Waals surface area contributed by atoms with E-state index in [2.05, 4.69) is 10.1 Å². The zero-order valence-corrected chi connectivity index (χ0v) is 4.14. The summed E-state index contributed by atoms with van der Waals surface area (Å²) in [6.07, 6.45) is -0.354. The van der Waals surface area contributed by atoms with Crippen molar-refractivity contribution in [2.24, 2.45) is 0 Å². The fourth-order valence-corrected chi connectivity index (χ4v) is 0.457. The highest BCUT2D eigenvalue weighted by molar-refractivity contribution is 5.86. The summed E-state index contributed by atoms with van der Waals surface area (Å²) in [6.45, 7) is 0.400. The van der Waals surface area contributed by atoms with Crippen LogP contribution in [0.4, 0.5) is 4.79 Å². The number of nitrogens with one attached hydrogen (secondary N) is 1. The van der Waals surface area contributed by atoms with E-state index in [1.165, 1.54) is 0 Å². The molecule has 1 rings (SSSR count). The predicted molar refractivity (Wildman–Crippen MR) is 24.1 cm³/mol. The largest absolute Gasteiger partial charge is 0.414 e. The SMILES string of the molecule is O=C1CCNC(=O)O1. The second kappa shape index (κ2) is 1.81. The first-order chi connectivity index (χ1) is 3.79. The molecule has 0 saturated carbocycles. The molecule has 1 aliphatic rings. The van der Waals surface area contributed by atoms with E-state index in [-0.39, 0.29) is 6.42 Å². The summed E-state index contributed by atoms with van der Waals surface area (Å²) >= 11 is 0. The third kappa shape index (κ3) is 0.959. The van der Waals surface area contributed by atoms with Crippen LogP contribution < -0.4 is 5.32 Å². The van der Waals surface area contributed by atoms with Crippen molar-refractivity contribution in [1.29, 1.82) is 0 Å². The molecule has 0 aromatic rings. The molecule has 1 saturated heterocycles. The Kier molecular flexibility index (Phi) is 1.15. The zero-order valence-electron chi connectivity index (χ0n) is 4.14. The normalized spacial score (nSPS) is 19.5. The highest BCUT2D eigenvalue weighted by Gasteiger charge is 2.14. The van der Waals surface area contributed by atoms with Crippen molar-refractivity contribution in [3.63, 3.8) is 0 Å². The average Bonchev–Trinajstić information content (AvgIpc) is 1.64. The van der Waals surface area contributed by atoms with Crippen LogP contribution in [0.25, 0.3) is 0 Å². The van der Waals surface area contributed by atoms with E-state index in [1.807, 2.05) is 0 Å². The summed E-state index contributed by atoms with van der Waals surface area (Å²) in [5.41, 5.74) is 0. The first-order valence-corrected chi connectivity index (χ1v) is 2.27. The van der Waals surface area contributed by atoms with E-state index in [9.17, 15) is 9.59 Å². The number of hydrogen-bond acceptors (Lipinski definition) is 3. The van der Waals surface area contributed by atoms with Crippen LogP contribution in [0, 0.1) is 0 Å².